The van der Waals surface area contributed by atoms with E-state index in [-0.39, 0.29) is 11.5 Å². The standard InChI is InChI=1S/C8H10F3N3/c1-5-2-3-6(12)7(14-5)13-4-8(9,10)11/h2-3H,4,12H2,1H3,(H,13,14). The van der Waals surface area contributed by atoms with E-state index in [1.165, 1.54) is 6.07 Å². The van der Waals surface area contributed by atoms with Gasteiger partial charge in [0.05, 0.1) is 5.69 Å². The largest absolute Gasteiger partial charge is 0.405 e. The van der Waals surface area contributed by atoms with E-state index in [2.05, 4.69) is 10.3 Å². The smallest absolute Gasteiger partial charge is 0.396 e. The van der Waals surface area contributed by atoms with Gasteiger partial charge in [-0.2, -0.15) is 13.2 Å². The third kappa shape index (κ3) is 3.12. The van der Waals surface area contributed by atoms with E-state index < -0.39 is 12.7 Å². The third-order valence-electron chi connectivity index (χ3n) is 1.52. The van der Waals surface area contributed by atoms with E-state index in [9.17, 15) is 13.2 Å². The Balaban J connectivity index is 2.72. The number of alkyl halides is 3. The Morgan fingerprint density at radius 3 is 2.64 bits per heavy atom. The molecule has 0 unspecified atom stereocenters. The molecule has 78 valence electrons. The van der Waals surface area contributed by atoms with Crippen LogP contribution in [0.1, 0.15) is 5.69 Å². The number of nitrogens with zero attached hydrogens (tertiary/aromatic N) is 1. The first-order chi connectivity index (χ1) is 6.38. The molecule has 3 N–H and O–H groups in total. The lowest BCUT2D eigenvalue weighted by molar-refractivity contribution is -0.115. The first-order valence-corrected chi connectivity index (χ1v) is 3.92. The van der Waals surface area contributed by atoms with Gasteiger partial charge in [-0.05, 0) is 19.1 Å². The molecule has 0 saturated carbocycles. The maximum atomic E-state index is 11.8. The highest BCUT2D eigenvalue weighted by Crippen LogP contribution is 2.19. The molecule has 3 nitrogen and oxygen atoms in total. The number of aryl methyl sites for hydroxylation is 1. The predicted molar refractivity (Wildman–Crippen MR) is 47.9 cm³/mol. The second-order valence-corrected chi connectivity index (χ2v) is 2.86. The number of halogens is 3. The summed E-state index contributed by atoms with van der Waals surface area (Å²) in [6, 6.07) is 3.15. The van der Waals surface area contributed by atoms with Crippen molar-refractivity contribution in [3.63, 3.8) is 0 Å². The number of rotatable bonds is 2. The molecule has 0 bridgehead atoms. The van der Waals surface area contributed by atoms with Crippen molar-refractivity contribution in [2.75, 3.05) is 17.6 Å². The average molecular weight is 205 g/mol. The summed E-state index contributed by atoms with van der Waals surface area (Å²) < 4.78 is 35.5. The fourth-order valence-electron chi connectivity index (χ4n) is 0.893. The van der Waals surface area contributed by atoms with Gasteiger partial charge in [0.1, 0.15) is 12.4 Å². The molecule has 1 heterocycles. The van der Waals surface area contributed by atoms with E-state index in [0.29, 0.717) is 5.69 Å². The molecule has 14 heavy (non-hydrogen) atoms. The number of aromatic nitrogens is 1. The molecule has 0 saturated heterocycles. The molecule has 0 radical (unpaired) electrons. The van der Waals surface area contributed by atoms with Gasteiger partial charge in [-0.1, -0.05) is 0 Å². The third-order valence-corrected chi connectivity index (χ3v) is 1.52. The Morgan fingerprint density at radius 2 is 2.07 bits per heavy atom. The highest BCUT2D eigenvalue weighted by Gasteiger charge is 2.27. The molecule has 1 aromatic heterocycles. The Morgan fingerprint density at radius 1 is 1.43 bits per heavy atom. The molecule has 0 aliphatic heterocycles. The van der Waals surface area contributed by atoms with Crippen LogP contribution in [0, 0.1) is 6.92 Å². The Kier molecular flexibility index (Phi) is 2.83. The van der Waals surface area contributed by atoms with Crippen molar-refractivity contribution in [3.05, 3.63) is 17.8 Å². The molecule has 0 amide bonds. The molecule has 0 aliphatic rings. The van der Waals surface area contributed by atoms with Crippen molar-refractivity contribution >= 4 is 11.5 Å². The van der Waals surface area contributed by atoms with Crippen molar-refractivity contribution in [2.24, 2.45) is 0 Å². The van der Waals surface area contributed by atoms with Gasteiger partial charge < -0.3 is 11.1 Å². The van der Waals surface area contributed by atoms with E-state index in [0.717, 1.165) is 0 Å². The van der Waals surface area contributed by atoms with Gasteiger partial charge in [0.25, 0.3) is 0 Å². The molecular weight excluding hydrogens is 195 g/mol. The summed E-state index contributed by atoms with van der Waals surface area (Å²) in [7, 11) is 0. The monoisotopic (exact) mass is 205 g/mol. The van der Waals surface area contributed by atoms with Crippen LogP contribution in [0.5, 0.6) is 0 Å². The normalized spacial score (nSPS) is 11.4. The van der Waals surface area contributed by atoms with Crippen LogP contribution in [0.4, 0.5) is 24.7 Å². The lowest BCUT2D eigenvalue weighted by atomic mass is 10.3. The van der Waals surface area contributed by atoms with Crippen LogP contribution in [0.2, 0.25) is 0 Å². The summed E-state index contributed by atoms with van der Waals surface area (Å²) >= 11 is 0. The van der Waals surface area contributed by atoms with Crippen LogP contribution in [-0.2, 0) is 0 Å². The zero-order chi connectivity index (χ0) is 10.8. The lowest BCUT2D eigenvalue weighted by Crippen LogP contribution is -2.22. The van der Waals surface area contributed by atoms with Crippen molar-refractivity contribution < 1.29 is 13.2 Å². The summed E-state index contributed by atoms with van der Waals surface area (Å²) in [6.07, 6.45) is -4.27. The first-order valence-electron chi connectivity index (χ1n) is 3.92. The summed E-state index contributed by atoms with van der Waals surface area (Å²) in [5.41, 5.74) is 6.25. The number of anilines is 2. The van der Waals surface area contributed by atoms with E-state index in [1.807, 2.05) is 0 Å². The molecule has 0 aliphatic carbocycles. The molecule has 0 atom stereocenters. The fraction of sp³-hybridized carbons (Fsp3) is 0.375. The molecular formula is C8H10F3N3. The number of hydrogen-bond donors (Lipinski definition) is 2. The molecule has 6 heteroatoms. The van der Waals surface area contributed by atoms with Crippen LogP contribution >= 0.6 is 0 Å². The Bertz CT molecular complexity index is 322. The summed E-state index contributed by atoms with van der Waals surface area (Å²) in [6.45, 7) is 0.547. The maximum absolute atomic E-state index is 11.8. The predicted octanol–water partition coefficient (Wildman–Crippen LogP) is 1.95. The van der Waals surface area contributed by atoms with E-state index in [1.54, 1.807) is 13.0 Å². The zero-order valence-corrected chi connectivity index (χ0v) is 7.52. The summed E-state index contributed by atoms with van der Waals surface area (Å²) in [5.74, 6) is 0.0716. The number of hydrogen-bond acceptors (Lipinski definition) is 3. The topological polar surface area (TPSA) is 50.9 Å². The minimum Gasteiger partial charge on any atom is -0.396 e. The van der Waals surface area contributed by atoms with Crippen molar-refractivity contribution in [1.29, 1.82) is 0 Å². The van der Waals surface area contributed by atoms with Crippen molar-refractivity contribution in [3.8, 4) is 0 Å². The van der Waals surface area contributed by atoms with E-state index >= 15 is 0 Å². The molecule has 0 fully saturated rings. The van der Waals surface area contributed by atoms with Crippen LogP contribution in [0.25, 0.3) is 0 Å². The maximum Gasteiger partial charge on any atom is 0.405 e. The van der Waals surface area contributed by atoms with Crippen molar-refractivity contribution in [2.45, 2.75) is 13.1 Å². The minimum atomic E-state index is -4.27. The summed E-state index contributed by atoms with van der Waals surface area (Å²) in [5, 5.41) is 2.13. The van der Waals surface area contributed by atoms with Crippen LogP contribution in [-0.4, -0.2) is 17.7 Å². The molecule has 0 spiro atoms. The van der Waals surface area contributed by atoms with Gasteiger partial charge in [0.15, 0.2) is 0 Å². The van der Waals surface area contributed by atoms with E-state index in [4.69, 9.17) is 5.73 Å². The van der Waals surface area contributed by atoms with Gasteiger partial charge >= 0.3 is 6.18 Å². The quantitative estimate of drug-likeness (QED) is 0.775. The Labute approximate surface area is 79.1 Å². The summed E-state index contributed by atoms with van der Waals surface area (Å²) in [4.78, 5) is 3.84. The zero-order valence-electron chi connectivity index (χ0n) is 7.52. The second-order valence-electron chi connectivity index (χ2n) is 2.86. The van der Waals surface area contributed by atoms with Gasteiger partial charge in [-0.25, -0.2) is 4.98 Å². The van der Waals surface area contributed by atoms with Gasteiger partial charge in [0, 0.05) is 5.69 Å². The highest BCUT2D eigenvalue weighted by atomic mass is 19.4. The van der Waals surface area contributed by atoms with Gasteiger partial charge in [-0.3, -0.25) is 0 Å². The first kappa shape index (κ1) is 10.6. The van der Waals surface area contributed by atoms with Gasteiger partial charge in [0.2, 0.25) is 0 Å². The average Bonchev–Trinajstić information content (AvgIpc) is 2.05. The van der Waals surface area contributed by atoms with Gasteiger partial charge in [-0.15, -0.1) is 0 Å². The molecule has 1 aromatic rings. The number of pyridine rings is 1. The van der Waals surface area contributed by atoms with Crippen LogP contribution in [0.3, 0.4) is 0 Å². The lowest BCUT2D eigenvalue weighted by Gasteiger charge is -2.10. The number of nitrogens with two attached hydrogens (primary N) is 1. The minimum absolute atomic E-state index is 0.0716. The number of nitrogens with one attached hydrogen (secondary N) is 1. The molecule has 0 aromatic carbocycles. The van der Waals surface area contributed by atoms with Crippen LogP contribution in [0.15, 0.2) is 12.1 Å². The highest BCUT2D eigenvalue weighted by molar-refractivity contribution is 5.61. The number of nitrogen functional groups attached to an aromatic ring is 1. The fourth-order valence-corrected chi connectivity index (χ4v) is 0.893. The SMILES string of the molecule is Cc1ccc(N)c(NCC(F)(F)F)n1. The van der Waals surface area contributed by atoms with Crippen LogP contribution < -0.4 is 11.1 Å². The Hall–Kier alpha value is -1.46. The molecule has 1 rings (SSSR count). The van der Waals surface area contributed by atoms with Crippen molar-refractivity contribution in [1.82, 2.24) is 4.98 Å². The second kappa shape index (κ2) is 3.73.